The minimum atomic E-state index is 0.659. The normalized spacial score (nSPS) is 19.9. The molecule has 1 saturated carbocycles. The molecule has 0 aromatic carbocycles. The molecule has 1 aliphatic carbocycles. The van der Waals surface area contributed by atoms with Crippen LogP contribution in [0, 0.1) is 11.8 Å². The molecular weight excluding hydrogens is 246 g/mol. The van der Waals surface area contributed by atoms with Gasteiger partial charge in [-0.25, -0.2) is 0 Å². The average molecular weight is 277 g/mol. The molecule has 1 N–H and O–H groups in total. The first kappa shape index (κ1) is 15.6. The maximum atomic E-state index is 4.83. The summed E-state index contributed by atoms with van der Waals surface area (Å²) < 4.78 is 2.23. The van der Waals surface area contributed by atoms with Crippen LogP contribution in [0.3, 0.4) is 0 Å². The summed E-state index contributed by atoms with van der Waals surface area (Å²) in [6.45, 7) is 9.03. The van der Waals surface area contributed by atoms with E-state index in [1.807, 2.05) is 0 Å². The van der Waals surface area contributed by atoms with E-state index in [0.29, 0.717) is 17.9 Å². The Morgan fingerprint density at radius 3 is 2.70 bits per heavy atom. The van der Waals surface area contributed by atoms with Crippen molar-refractivity contribution in [1.29, 1.82) is 0 Å². The standard InChI is InChI=1S/C17H31N3/c1-4-18-13-15(3)14(2)12-16-10-11-20(19-16)17-8-6-5-7-9-17/h10-11,14-15,17-18H,4-9,12-13H2,1-3H3. The average Bonchev–Trinajstić information content (AvgIpc) is 2.94. The van der Waals surface area contributed by atoms with E-state index in [9.17, 15) is 0 Å². The van der Waals surface area contributed by atoms with Gasteiger partial charge in [0.2, 0.25) is 0 Å². The Morgan fingerprint density at radius 1 is 1.25 bits per heavy atom. The Morgan fingerprint density at radius 2 is 2.00 bits per heavy atom. The van der Waals surface area contributed by atoms with E-state index in [1.165, 1.54) is 37.8 Å². The summed E-state index contributed by atoms with van der Waals surface area (Å²) in [6, 6.07) is 2.89. The number of aromatic nitrogens is 2. The van der Waals surface area contributed by atoms with E-state index in [2.05, 4.69) is 43.0 Å². The van der Waals surface area contributed by atoms with Crippen LogP contribution in [-0.2, 0) is 6.42 Å². The molecule has 1 aromatic rings. The van der Waals surface area contributed by atoms with Gasteiger partial charge in [0.1, 0.15) is 0 Å². The zero-order valence-corrected chi connectivity index (χ0v) is 13.4. The predicted octanol–water partition coefficient (Wildman–Crippen LogP) is 3.81. The van der Waals surface area contributed by atoms with Crippen LogP contribution >= 0.6 is 0 Å². The molecule has 0 saturated heterocycles. The summed E-state index contributed by atoms with van der Waals surface area (Å²) in [4.78, 5) is 0. The molecule has 2 unspecified atom stereocenters. The van der Waals surface area contributed by atoms with Gasteiger partial charge >= 0.3 is 0 Å². The van der Waals surface area contributed by atoms with Crippen LogP contribution in [0.5, 0.6) is 0 Å². The molecule has 1 heterocycles. The fraction of sp³-hybridized carbons (Fsp3) is 0.824. The summed E-state index contributed by atoms with van der Waals surface area (Å²) in [5.74, 6) is 1.39. The Hall–Kier alpha value is -0.830. The maximum Gasteiger partial charge on any atom is 0.0627 e. The molecule has 0 aliphatic heterocycles. The molecule has 3 heteroatoms. The molecule has 1 aliphatic rings. The fourth-order valence-electron chi connectivity index (χ4n) is 3.14. The molecule has 0 amide bonds. The van der Waals surface area contributed by atoms with E-state index in [0.717, 1.165) is 19.5 Å². The van der Waals surface area contributed by atoms with Crippen molar-refractivity contribution in [2.45, 2.75) is 65.3 Å². The highest BCUT2D eigenvalue weighted by atomic mass is 15.3. The smallest absolute Gasteiger partial charge is 0.0627 e. The van der Waals surface area contributed by atoms with E-state index in [4.69, 9.17) is 5.10 Å². The van der Waals surface area contributed by atoms with Crippen molar-refractivity contribution in [1.82, 2.24) is 15.1 Å². The molecule has 2 rings (SSSR count). The maximum absolute atomic E-state index is 4.83. The van der Waals surface area contributed by atoms with Crippen LogP contribution < -0.4 is 5.32 Å². The molecule has 114 valence electrons. The van der Waals surface area contributed by atoms with Crippen LogP contribution in [0.1, 0.15) is 64.6 Å². The predicted molar refractivity (Wildman–Crippen MR) is 84.9 cm³/mol. The summed E-state index contributed by atoms with van der Waals surface area (Å²) in [5.41, 5.74) is 1.27. The first-order valence-corrected chi connectivity index (χ1v) is 8.45. The summed E-state index contributed by atoms with van der Waals surface area (Å²) in [7, 11) is 0. The Bertz CT molecular complexity index is 379. The molecule has 0 radical (unpaired) electrons. The second-order valence-corrected chi connectivity index (χ2v) is 6.55. The van der Waals surface area contributed by atoms with E-state index in [1.54, 1.807) is 0 Å². The van der Waals surface area contributed by atoms with Crippen molar-refractivity contribution in [3.63, 3.8) is 0 Å². The van der Waals surface area contributed by atoms with Crippen LogP contribution in [-0.4, -0.2) is 22.9 Å². The Labute approximate surface area is 124 Å². The minimum absolute atomic E-state index is 0.659. The van der Waals surface area contributed by atoms with Gasteiger partial charge in [0, 0.05) is 6.20 Å². The van der Waals surface area contributed by atoms with Gasteiger partial charge in [0.25, 0.3) is 0 Å². The van der Waals surface area contributed by atoms with Crippen molar-refractivity contribution in [3.8, 4) is 0 Å². The van der Waals surface area contributed by atoms with Crippen molar-refractivity contribution >= 4 is 0 Å². The number of hydrogen-bond acceptors (Lipinski definition) is 2. The SMILES string of the molecule is CCNCC(C)C(C)Cc1ccn(C2CCCCC2)n1. The van der Waals surface area contributed by atoms with Gasteiger partial charge < -0.3 is 5.32 Å². The van der Waals surface area contributed by atoms with Crippen molar-refractivity contribution in [2.24, 2.45) is 11.8 Å². The molecule has 20 heavy (non-hydrogen) atoms. The lowest BCUT2D eigenvalue weighted by Gasteiger charge is -2.22. The van der Waals surface area contributed by atoms with E-state index >= 15 is 0 Å². The van der Waals surface area contributed by atoms with Crippen molar-refractivity contribution in [3.05, 3.63) is 18.0 Å². The summed E-state index contributed by atoms with van der Waals surface area (Å²) in [6.07, 6.45) is 10.1. The number of hydrogen-bond donors (Lipinski definition) is 1. The van der Waals surface area contributed by atoms with E-state index in [-0.39, 0.29) is 0 Å². The quantitative estimate of drug-likeness (QED) is 0.821. The van der Waals surface area contributed by atoms with Gasteiger partial charge in [0.15, 0.2) is 0 Å². The van der Waals surface area contributed by atoms with Crippen LogP contribution in [0.25, 0.3) is 0 Å². The van der Waals surface area contributed by atoms with Gasteiger partial charge in [-0.2, -0.15) is 5.10 Å². The minimum Gasteiger partial charge on any atom is -0.317 e. The van der Waals surface area contributed by atoms with Gasteiger partial charge in [-0.1, -0.05) is 40.0 Å². The number of rotatable bonds is 7. The topological polar surface area (TPSA) is 29.9 Å². The highest BCUT2D eigenvalue weighted by Crippen LogP contribution is 2.27. The zero-order chi connectivity index (χ0) is 14.4. The third kappa shape index (κ3) is 4.34. The third-order valence-corrected chi connectivity index (χ3v) is 4.83. The van der Waals surface area contributed by atoms with Gasteiger partial charge in [-0.05, 0) is 50.3 Å². The van der Waals surface area contributed by atoms with Crippen molar-refractivity contribution < 1.29 is 0 Å². The molecule has 3 nitrogen and oxygen atoms in total. The zero-order valence-electron chi connectivity index (χ0n) is 13.4. The molecular formula is C17H31N3. The highest BCUT2D eigenvalue weighted by molar-refractivity contribution is 5.01. The van der Waals surface area contributed by atoms with Crippen LogP contribution in [0.4, 0.5) is 0 Å². The Kier molecular flexibility index (Phi) is 6.08. The summed E-state index contributed by atoms with van der Waals surface area (Å²) in [5, 5.41) is 8.28. The monoisotopic (exact) mass is 277 g/mol. The van der Waals surface area contributed by atoms with Crippen molar-refractivity contribution in [2.75, 3.05) is 13.1 Å². The second kappa shape index (κ2) is 7.82. The number of nitrogens with zero attached hydrogens (tertiary/aromatic N) is 2. The van der Waals surface area contributed by atoms with E-state index < -0.39 is 0 Å². The lowest BCUT2D eigenvalue weighted by atomic mass is 9.91. The third-order valence-electron chi connectivity index (χ3n) is 4.83. The lowest BCUT2D eigenvalue weighted by Crippen LogP contribution is -2.26. The molecule has 2 atom stereocenters. The van der Waals surface area contributed by atoms with Crippen LogP contribution in [0.15, 0.2) is 12.3 Å². The Balaban J connectivity index is 1.85. The molecule has 1 fully saturated rings. The first-order valence-electron chi connectivity index (χ1n) is 8.45. The lowest BCUT2D eigenvalue weighted by molar-refractivity contribution is 0.324. The molecule has 1 aromatic heterocycles. The highest BCUT2D eigenvalue weighted by Gasteiger charge is 2.18. The second-order valence-electron chi connectivity index (χ2n) is 6.55. The van der Waals surface area contributed by atoms with Gasteiger partial charge in [0.05, 0.1) is 11.7 Å². The summed E-state index contributed by atoms with van der Waals surface area (Å²) >= 11 is 0. The fourth-order valence-corrected chi connectivity index (χ4v) is 3.14. The largest absolute Gasteiger partial charge is 0.317 e. The number of nitrogens with one attached hydrogen (secondary N) is 1. The molecule has 0 spiro atoms. The van der Waals surface area contributed by atoms with Gasteiger partial charge in [-0.3, -0.25) is 4.68 Å². The first-order chi connectivity index (χ1) is 9.70. The van der Waals surface area contributed by atoms with Gasteiger partial charge in [-0.15, -0.1) is 0 Å². The van der Waals surface area contributed by atoms with Crippen LogP contribution in [0.2, 0.25) is 0 Å². The molecule has 0 bridgehead atoms.